The number of fused-ring (bicyclic) bond motifs is 9. The van der Waals surface area contributed by atoms with Crippen LogP contribution in [0.4, 0.5) is 0 Å². The van der Waals surface area contributed by atoms with Gasteiger partial charge in [0.05, 0.1) is 0 Å². The smallest absolute Gasteiger partial charge is 0.164 e. The van der Waals surface area contributed by atoms with Gasteiger partial charge in [0.1, 0.15) is 22.3 Å². The minimum Gasteiger partial charge on any atom is -0.456 e. The summed E-state index contributed by atoms with van der Waals surface area (Å²) in [5.74, 6) is 1.79. The highest BCUT2D eigenvalue weighted by Crippen LogP contribution is 2.40. The third-order valence-corrected chi connectivity index (χ3v) is 10.1. The van der Waals surface area contributed by atoms with Gasteiger partial charge in [-0.05, 0) is 75.1 Å². The summed E-state index contributed by atoms with van der Waals surface area (Å²) >= 11 is 0. The van der Waals surface area contributed by atoms with Crippen molar-refractivity contribution < 1.29 is 8.83 Å². The van der Waals surface area contributed by atoms with Crippen LogP contribution < -0.4 is 0 Å². The van der Waals surface area contributed by atoms with Gasteiger partial charge < -0.3 is 8.83 Å². The fourth-order valence-corrected chi connectivity index (χ4v) is 7.58. The van der Waals surface area contributed by atoms with E-state index in [9.17, 15) is 0 Å². The lowest BCUT2D eigenvalue weighted by molar-refractivity contribution is 0.669. The summed E-state index contributed by atoms with van der Waals surface area (Å²) < 4.78 is 12.8. The molecule has 0 aliphatic heterocycles. The quantitative estimate of drug-likeness (QED) is 0.187. The number of benzene rings is 8. The second-order valence-electron chi connectivity index (χ2n) is 13.2. The Balaban J connectivity index is 1.10. The molecule has 52 heavy (non-hydrogen) atoms. The molecule has 0 N–H and O–H groups in total. The van der Waals surface area contributed by atoms with Crippen LogP contribution in [0.15, 0.2) is 173 Å². The number of furan rings is 2. The summed E-state index contributed by atoms with van der Waals surface area (Å²) in [7, 11) is 0. The van der Waals surface area contributed by atoms with Gasteiger partial charge in [0, 0.05) is 38.2 Å². The number of aromatic nitrogens is 3. The Bertz CT molecular complexity index is 3190. The minimum absolute atomic E-state index is 0.586. The monoisotopic (exact) mass is 665 g/mol. The van der Waals surface area contributed by atoms with Crippen molar-refractivity contribution >= 4 is 65.4 Å². The molecule has 0 bridgehead atoms. The van der Waals surface area contributed by atoms with Crippen LogP contribution in [0.3, 0.4) is 0 Å². The zero-order chi connectivity index (χ0) is 34.2. The van der Waals surface area contributed by atoms with Crippen molar-refractivity contribution in [3.63, 3.8) is 0 Å². The Morgan fingerprint density at radius 2 is 0.942 bits per heavy atom. The number of para-hydroxylation sites is 1. The van der Waals surface area contributed by atoms with Crippen molar-refractivity contribution in [1.29, 1.82) is 0 Å². The second kappa shape index (κ2) is 11.2. The summed E-state index contributed by atoms with van der Waals surface area (Å²) in [6.45, 7) is 0. The third kappa shape index (κ3) is 4.53. The molecule has 8 aromatic carbocycles. The molecular formula is C47H27N3O2. The van der Waals surface area contributed by atoms with Crippen LogP contribution in [0.5, 0.6) is 0 Å². The van der Waals surface area contributed by atoms with E-state index < -0.39 is 0 Å². The summed E-state index contributed by atoms with van der Waals surface area (Å²) in [4.78, 5) is 15.3. The maximum Gasteiger partial charge on any atom is 0.164 e. The van der Waals surface area contributed by atoms with Crippen LogP contribution in [0.1, 0.15) is 0 Å². The lowest BCUT2D eigenvalue weighted by Crippen LogP contribution is -2.00. The van der Waals surface area contributed by atoms with Crippen molar-refractivity contribution in [1.82, 2.24) is 15.0 Å². The summed E-state index contributed by atoms with van der Waals surface area (Å²) in [5.41, 5.74) is 8.28. The standard InChI is InChI=1S/C47H27N3O2/c1-2-10-30(11-3-1)45-48-46(34-20-18-29-22-24-41-44(38(29)26-34)35-13-6-7-15-39(35)51-41)50-47(49-45)37-14-8-16-40-43(37)36-23-21-33(27-42(36)52-40)32-19-17-28-9-4-5-12-31(28)25-32/h1-27H. The molecule has 0 unspecified atom stereocenters. The van der Waals surface area contributed by atoms with Crippen LogP contribution in [-0.4, -0.2) is 15.0 Å². The van der Waals surface area contributed by atoms with E-state index in [1.807, 2.05) is 60.7 Å². The third-order valence-electron chi connectivity index (χ3n) is 10.1. The molecule has 0 fully saturated rings. The fourth-order valence-electron chi connectivity index (χ4n) is 7.58. The molecule has 3 heterocycles. The van der Waals surface area contributed by atoms with E-state index in [1.165, 1.54) is 10.8 Å². The molecule has 3 aromatic heterocycles. The van der Waals surface area contributed by atoms with Gasteiger partial charge in [0.2, 0.25) is 0 Å². The van der Waals surface area contributed by atoms with E-state index in [4.69, 9.17) is 23.8 Å². The molecule has 0 saturated carbocycles. The van der Waals surface area contributed by atoms with Crippen molar-refractivity contribution in [3.05, 3.63) is 164 Å². The second-order valence-corrected chi connectivity index (χ2v) is 13.2. The molecule has 0 radical (unpaired) electrons. The lowest BCUT2D eigenvalue weighted by atomic mass is 9.99. The maximum atomic E-state index is 6.53. The average molecular weight is 666 g/mol. The predicted molar refractivity (Wildman–Crippen MR) is 211 cm³/mol. The number of hydrogen-bond acceptors (Lipinski definition) is 5. The largest absolute Gasteiger partial charge is 0.456 e. The zero-order valence-electron chi connectivity index (χ0n) is 27.7. The van der Waals surface area contributed by atoms with Crippen molar-refractivity contribution in [2.75, 3.05) is 0 Å². The van der Waals surface area contributed by atoms with Crippen LogP contribution in [0, 0.1) is 0 Å². The van der Waals surface area contributed by atoms with E-state index in [-0.39, 0.29) is 0 Å². The Morgan fingerprint density at radius 3 is 1.87 bits per heavy atom. The van der Waals surface area contributed by atoms with Gasteiger partial charge in [-0.15, -0.1) is 0 Å². The first-order valence-electron chi connectivity index (χ1n) is 17.3. The zero-order valence-corrected chi connectivity index (χ0v) is 27.7. The minimum atomic E-state index is 0.586. The Morgan fingerprint density at radius 1 is 0.308 bits per heavy atom. The lowest BCUT2D eigenvalue weighted by Gasteiger charge is -2.10. The van der Waals surface area contributed by atoms with Gasteiger partial charge in [-0.2, -0.15) is 0 Å². The molecule has 0 aliphatic carbocycles. The maximum absolute atomic E-state index is 6.53. The molecule has 11 rings (SSSR count). The van der Waals surface area contributed by atoms with E-state index in [1.54, 1.807) is 0 Å². The van der Waals surface area contributed by atoms with E-state index >= 15 is 0 Å². The normalized spacial score (nSPS) is 11.8. The molecule has 5 heteroatoms. The van der Waals surface area contributed by atoms with Gasteiger partial charge in [0.15, 0.2) is 17.5 Å². The Hall–Kier alpha value is -7.11. The highest BCUT2D eigenvalue weighted by atomic mass is 16.3. The van der Waals surface area contributed by atoms with Crippen molar-refractivity contribution in [2.45, 2.75) is 0 Å². The van der Waals surface area contributed by atoms with Crippen LogP contribution in [0.25, 0.3) is 111 Å². The van der Waals surface area contributed by atoms with Gasteiger partial charge in [0.25, 0.3) is 0 Å². The molecular weight excluding hydrogens is 639 g/mol. The van der Waals surface area contributed by atoms with Crippen molar-refractivity contribution in [3.8, 4) is 45.3 Å². The summed E-state index contributed by atoms with van der Waals surface area (Å²) in [6, 6.07) is 56.4. The van der Waals surface area contributed by atoms with Crippen LogP contribution >= 0.6 is 0 Å². The molecule has 0 atom stereocenters. The van der Waals surface area contributed by atoms with E-state index in [0.29, 0.717) is 17.5 Å². The molecule has 11 aromatic rings. The molecule has 0 saturated heterocycles. The van der Waals surface area contributed by atoms with Gasteiger partial charge in [-0.1, -0.05) is 121 Å². The summed E-state index contributed by atoms with van der Waals surface area (Å²) in [5, 5.41) is 8.81. The SMILES string of the molecule is c1ccc(-c2nc(-c3ccc4ccc5oc6ccccc6c5c4c3)nc(-c3cccc4oc5cc(-c6ccc7ccccc7c6)ccc5c34)n2)cc1. The topological polar surface area (TPSA) is 65.0 Å². The van der Waals surface area contributed by atoms with E-state index in [0.717, 1.165) is 82.5 Å². The molecule has 242 valence electrons. The highest BCUT2D eigenvalue weighted by Gasteiger charge is 2.19. The van der Waals surface area contributed by atoms with Crippen molar-refractivity contribution in [2.24, 2.45) is 0 Å². The molecule has 0 amide bonds. The number of rotatable bonds is 4. The van der Waals surface area contributed by atoms with Gasteiger partial charge >= 0.3 is 0 Å². The molecule has 0 spiro atoms. The fraction of sp³-hybridized carbons (Fsp3) is 0. The van der Waals surface area contributed by atoms with Gasteiger partial charge in [-0.25, -0.2) is 15.0 Å². The first kappa shape index (κ1) is 28.7. The first-order chi connectivity index (χ1) is 25.7. The highest BCUT2D eigenvalue weighted by molar-refractivity contribution is 6.19. The number of nitrogens with zero attached hydrogens (tertiary/aromatic N) is 3. The molecule has 5 nitrogen and oxygen atoms in total. The predicted octanol–water partition coefficient (Wildman–Crippen LogP) is 12.6. The molecule has 0 aliphatic rings. The first-order valence-corrected chi connectivity index (χ1v) is 17.3. The van der Waals surface area contributed by atoms with Gasteiger partial charge in [-0.3, -0.25) is 0 Å². The average Bonchev–Trinajstić information content (AvgIpc) is 3.79. The van der Waals surface area contributed by atoms with Crippen LogP contribution in [0.2, 0.25) is 0 Å². The Kier molecular flexibility index (Phi) is 6.18. The number of hydrogen-bond donors (Lipinski definition) is 0. The van der Waals surface area contributed by atoms with E-state index in [2.05, 4.69) is 103 Å². The summed E-state index contributed by atoms with van der Waals surface area (Å²) in [6.07, 6.45) is 0. The Labute approximate surface area is 297 Å². The van der Waals surface area contributed by atoms with Crippen LogP contribution in [-0.2, 0) is 0 Å².